The minimum Gasteiger partial charge on any atom is -0.466 e. The standard InChI is InChI=1S/C19H18N2O4/c1-11-17(19(24)25-2)14(10-16(22)20-11)18(23)21-15-9-5-7-12-6-3-4-8-13(12)15/h3-9,14H,10H2,1-2H3,(H,20,22)(H,21,23)/t14-/m1/s1. The van der Waals surface area contributed by atoms with Crippen molar-refractivity contribution < 1.29 is 19.1 Å². The number of carbonyl (C=O) groups excluding carboxylic acids is 3. The van der Waals surface area contributed by atoms with E-state index in [4.69, 9.17) is 4.74 Å². The average molecular weight is 338 g/mol. The van der Waals surface area contributed by atoms with Crippen molar-refractivity contribution in [1.82, 2.24) is 5.32 Å². The number of rotatable bonds is 3. The summed E-state index contributed by atoms with van der Waals surface area (Å²) in [5.74, 6) is -2.22. The Morgan fingerprint density at radius 3 is 2.64 bits per heavy atom. The van der Waals surface area contributed by atoms with Crippen molar-refractivity contribution in [1.29, 1.82) is 0 Å². The van der Waals surface area contributed by atoms with E-state index in [0.717, 1.165) is 10.8 Å². The number of amides is 2. The smallest absolute Gasteiger partial charge is 0.336 e. The molecule has 2 aromatic carbocycles. The first kappa shape index (κ1) is 16.7. The summed E-state index contributed by atoms with van der Waals surface area (Å²) in [4.78, 5) is 36.7. The molecule has 1 aliphatic heterocycles. The number of benzene rings is 2. The molecule has 1 heterocycles. The van der Waals surface area contributed by atoms with Crippen molar-refractivity contribution in [2.45, 2.75) is 13.3 Å². The molecule has 6 nitrogen and oxygen atoms in total. The molecule has 1 aliphatic rings. The zero-order valence-corrected chi connectivity index (χ0v) is 14.0. The van der Waals surface area contributed by atoms with Crippen molar-refractivity contribution in [3.8, 4) is 0 Å². The minimum absolute atomic E-state index is 0.0988. The number of anilines is 1. The minimum atomic E-state index is -0.889. The Morgan fingerprint density at radius 2 is 1.88 bits per heavy atom. The highest BCUT2D eigenvalue weighted by atomic mass is 16.5. The van der Waals surface area contributed by atoms with Crippen LogP contribution in [-0.4, -0.2) is 24.9 Å². The van der Waals surface area contributed by atoms with Gasteiger partial charge < -0.3 is 15.4 Å². The van der Waals surface area contributed by atoms with Crippen LogP contribution in [0.15, 0.2) is 53.7 Å². The predicted octanol–water partition coefficient (Wildman–Crippen LogP) is 2.36. The zero-order chi connectivity index (χ0) is 18.0. The number of ether oxygens (including phenoxy) is 1. The molecule has 128 valence electrons. The summed E-state index contributed by atoms with van der Waals surface area (Å²) in [6, 6.07) is 13.2. The lowest BCUT2D eigenvalue weighted by Crippen LogP contribution is -2.40. The molecule has 0 radical (unpaired) electrons. The second kappa shape index (κ2) is 6.76. The molecule has 0 bridgehead atoms. The second-order valence-corrected chi connectivity index (χ2v) is 5.85. The van der Waals surface area contributed by atoms with E-state index in [1.54, 1.807) is 13.0 Å². The van der Waals surface area contributed by atoms with Crippen LogP contribution in [0.4, 0.5) is 5.69 Å². The van der Waals surface area contributed by atoms with Crippen LogP contribution in [0.25, 0.3) is 10.8 Å². The van der Waals surface area contributed by atoms with Crippen molar-refractivity contribution in [2.75, 3.05) is 12.4 Å². The van der Waals surface area contributed by atoms with Gasteiger partial charge in [-0.2, -0.15) is 0 Å². The third-order valence-electron chi connectivity index (χ3n) is 4.24. The van der Waals surface area contributed by atoms with Crippen molar-refractivity contribution >= 4 is 34.2 Å². The largest absolute Gasteiger partial charge is 0.466 e. The fourth-order valence-electron chi connectivity index (χ4n) is 3.06. The summed E-state index contributed by atoms with van der Waals surface area (Å²) in [6.45, 7) is 1.58. The Hall–Kier alpha value is -3.15. The van der Waals surface area contributed by atoms with Crippen molar-refractivity contribution in [3.63, 3.8) is 0 Å². The number of hydrogen-bond donors (Lipinski definition) is 2. The van der Waals surface area contributed by atoms with E-state index in [2.05, 4.69) is 10.6 Å². The number of fused-ring (bicyclic) bond motifs is 1. The van der Waals surface area contributed by atoms with E-state index in [9.17, 15) is 14.4 Å². The molecule has 3 rings (SSSR count). The molecule has 2 amide bonds. The second-order valence-electron chi connectivity index (χ2n) is 5.85. The maximum absolute atomic E-state index is 12.8. The van der Waals surface area contributed by atoms with E-state index >= 15 is 0 Å². The van der Waals surface area contributed by atoms with Crippen LogP contribution in [0.3, 0.4) is 0 Å². The molecule has 6 heteroatoms. The van der Waals surface area contributed by atoms with Crippen molar-refractivity contribution in [2.24, 2.45) is 5.92 Å². The van der Waals surface area contributed by atoms with E-state index in [1.165, 1.54) is 7.11 Å². The quantitative estimate of drug-likeness (QED) is 0.842. The van der Waals surface area contributed by atoms with Gasteiger partial charge in [-0.05, 0) is 18.4 Å². The maximum Gasteiger partial charge on any atom is 0.336 e. The SMILES string of the molecule is COC(=O)C1=C(C)NC(=O)C[C@H]1C(=O)Nc1cccc2ccccc12. The number of esters is 1. The molecule has 0 spiro atoms. The van der Waals surface area contributed by atoms with Gasteiger partial charge in [0.15, 0.2) is 0 Å². The first-order chi connectivity index (χ1) is 12.0. The van der Waals surface area contributed by atoms with Crippen LogP contribution in [0.1, 0.15) is 13.3 Å². The number of allylic oxidation sites excluding steroid dienone is 1. The summed E-state index contributed by atoms with van der Waals surface area (Å²) in [5, 5.41) is 7.30. The monoisotopic (exact) mass is 338 g/mol. The van der Waals surface area contributed by atoms with Crippen LogP contribution in [0.2, 0.25) is 0 Å². The van der Waals surface area contributed by atoms with Gasteiger partial charge in [-0.3, -0.25) is 9.59 Å². The third kappa shape index (κ3) is 3.24. The fraction of sp³-hybridized carbons (Fsp3) is 0.211. The Labute approximate surface area is 144 Å². The first-order valence-electron chi connectivity index (χ1n) is 7.89. The Balaban J connectivity index is 1.95. The van der Waals surface area contributed by atoms with Crippen molar-refractivity contribution in [3.05, 3.63) is 53.7 Å². The van der Waals surface area contributed by atoms with Gasteiger partial charge in [0.25, 0.3) is 0 Å². The van der Waals surface area contributed by atoms with E-state index < -0.39 is 17.8 Å². The van der Waals surface area contributed by atoms with Gasteiger partial charge in [0.05, 0.1) is 18.6 Å². The topological polar surface area (TPSA) is 84.5 Å². The molecular weight excluding hydrogens is 320 g/mol. The van der Waals surface area contributed by atoms with Gasteiger partial charge in [-0.25, -0.2) is 4.79 Å². The molecule has 1 atom stereocenters. The van der Waals surface area contributed by atoms with Crippen LogP contribution in [0.5, 0.6) is 0 Å². The highest BCUT2D eigenvalue weighted by Gasteiger charge is 2.36. The van der Waals surface area contributed by atoms with Crippen LogP contribution >= 0.6 is 0 Å². The summed E-state index contributed by atoms with van der Waals surface area (Å²) in [7, 11) is 1.25. The highest BCUT2D eigenvalue weighted by molar-refractivity contribution is 6.09. The van der Waals surface area contributed by atoms with Gasteiger partial charge >= 0.3 is 5.97 Å². The molecule has 0 saturated carbocycles. The molecule has 25 heavy (non-hydrogen) atoms. The Kier molecular flexibility index (Phi) is 4.52. The molecular formula is C19H18N2O4. The molecule has 0 unspecified atom stereocenters. The fourth-order valence-corrected chi connectivity index (χ4v) is 3.06. The van der Waals surface area contributed by atoms with Gasteiger partial charge in [-0.1, -0.05) is 36.4 Å². The number of hydrogen-bond acceptors (Lipinski definition) is 4. The average Bonchev–Trinajstić information content (AvgIpc) is 2.60. The molecule has 2 N–H and O–H groups in total. The van der Waals surface area contributed by atoms with Crippen LogP contribution in [0, 0.1) is 5.92 Å². The van der Waals surface area contributed by atoms with Gasteiger partial charge in [0.1, 0.15) is 0 Å². The molecule has 0 aromatic heterocycles. The van der Waals surface area contributed by atoms with E-state index in [0.29, 0.717) is 11.4 Å². The summed E-state index contributed by atoms with van der Waals surface area (Å²) in [5.41, 5.74) is 1.16. The number of methoxy groups -OCH3 is 1. The lowest BCUT2D eigenvalue weighted by Gasteiger charge is -2.25. The summed E-state index contributed by atoms with van der Waals surface area (Å²) >= 11 is 0. The normalized spacial score (nSPS) is 17.2. The third-order valence-corrected chi connectivity index (χ3v) is 4.24. The Morgan fingerprint density at radius 1 is 1.16 bits per heavy atom. The predicted molar refractivity (Wildman–Crippen MR) is 93.5 cm³/mol. The molecule has 0 aliphatic carbocycles. The number of nitrogens with one attached hydrogen (secondary N) is 2. The van der Waals surface area contributed by atoms with Gasteiger partial charge in [0, 0.05) is 23.2 Å². The van der Waals surface area contributed by atoms with Gasteiger partial charge in [0.2, 0.25) is 11.8 Å². The lowest BCUT2D eigenvalue weighted by molar-refractivity contribution is -0.139. The zero-order valence-electron chi connectivity index (χ0n) is 14.0. The van der Waals surface area contributed by atoms with E-state index in [1.807, 2.05) is 36.4 Å². The molecule has 2 aromatic rings. The highest BCUT2D eigenvalue weighted by Crippen LogP contribution is 2.28. The van der Waals surface area contributed by atoms with E-state index in [-0.39, 0.29) is 17.9 Å². The molecule has 0 fully saturated rings. The lowest BCUT2D eigenvalue weighted by atomic mass is 9.89. The van der Waals surface area contributed by atoms with Gasteiger partial charge in [-0.15, -0.1) is 0 Å². The maximum atomic E-state index is 12.8. The van der Waals surface area contributed by atoms with Crippen LogP contribution in [-0.2, 0) is 19.1 Å². The summed E-state index contributed by atoms with van der Waals surface area (Å²) in [6.07, 6.45) is -0.0988. The number of carbonyl (C=O) groups is 3. The molecule has 0 saturated heterocycles. The van der Waals surface area contributed by atoms with Crippen LogP contribution < -0.4 is 10.6 Å². The Bertz CT molecular complexity index is 896. The summed E-state index contributed by atoms with van der Waals surface area (Å²) < 4.78 is 4.77. The first-order valence-corrected chi connectivity index (χ1v) is 7.89.